The molecule has 0 radical (unpaired) electrons. The van der Waals surface area contributed by atoms with Gasteiger partial charge in [0.2, 0.25) is 0 Å². The van der Waals surface area contributed by atoms with E-state index in [1.165, 1.54) is 11.0 Å². The van der Waals surface area contributed by atoms with E-state index in [1.807, 2.05) is 0 Å². The summed E-state index contributed by atoms with van der Waals surface area (Å²) in [4.78, 5) is 13.9. The first-order valence-corrected chi connectivity index (χ1v) is 7.24. The van der Waals surface area contributed by atoms with Gasteiger partial charge in [-0.15, -0.1) is 0 Å². The molecule has 1 fully saturated rings. The van der Waals surface area contributed by atoms with Crippen LogP contribution in [0, 0.1) is 11.6 Å². The molecular formula is C16H17F2N3O. The quantitative estimate of drug-likeness (QED) is 0.941. The molecular weight excluding hydrogens is 288 g/mol. The van der Waals surface area contributed by atoms with Crippen molar-refractivity contribution in [2.45, 2.75) is 31.7 Å². The van der Waals surface area contributed by atoms with E-state index in [4.69, 9.17) is 0 Å². The van der Waals surface area contributed by atoms with Crippen LogP contribution in [0.2, 0.25) is 0 Å². The first-order valence-electron chi connectivity index (χ1n) is 7.24. The molecule has 1 N–H and O–H groups in total. The maximum absolute atomic E-state index is 13.3. The zero-order chi connectivity index (χ0) is 15.9. The van der Waals surface area contributed by atoms with Crippen molar-refractivity contribution in [1.82, 2.24) is 15.1 Å². The van der Waals surface area contributed by atoms with E-state index in [-0.39, 0.29) is 11.9 Å². The van der Waals surface area contributed by atoms with Gasteiger partial charge in [-0.25, -0.2) is 8.78 Å². The third kappa shape index (κ3) is 2.73. The van der Waals surface area contributed by atoms with Gasteiger partial charge in [-0.05, 0) is 43.5 Å². The second-order valence-corrected chi connectivity index (χ2v) is 5.75. The molecule has 1 aliphatic rings. The van der Waals surface area contributed by atoms with Gasteiger partial charge in [0, 0.05) is 18.7 Å². The lowest BCUT2D eigenvalue weighted by Crippen LogP contribution is -2.30. The number of aromatic amines is 1. The van der Waals surface area contributed by atoms with Gasteiger partial charge in [0.25, 0.3) is 5.91 Å². The summed E-state index contributed by atoms with van der Waals surface area (Å²) in [5, 5.41) is 6.95. The van der Waals surface area contributed by atoms with Crippen molar-refractivity contribution in [3.63, 3.8) is 0 Å². The Labute approximate surface area is 127 Å². The minimum atomic E-state index is -0.916. The fourth-order valence-corrected chi connectivity index (χ4v) is 2.40. The van der Waals surface area contributed by atoms with Crippen LogP contribution in [0.15, 0.2) is 24.3 Å². The zero-order valence-corrected chi connectivity index (χ0v) is 12.4. The molecule has 1 aromatic carbocycles. The van der Waals surface area contributed by atoms with Gasteiger partial charge in [0.1, 0.15) is 5.69 Å². The zero-order valence-electron chi connectivity index (χ0n) is 12.4. The number of hydrogen-bond acceptors (Lipinski definition) is 2. The summed E-state index contributed by atoms with van der Waals surface area (Å²) in [7, 11) is 1.62. The standard InChI is InChI=1S/C16H17F2N3O/c1-9(11-5-6-12(17)13(18)7-11)21(2)16(22)15-8-14(19-20-15)10-3-4-10/h5-10H,3-4H2,1-2H3,(H,19,20). The van der Waals surface area contributed by atoms with Gasteiger partial charge in [0.05, 0.1) is 6.04 Å². The predicted molar refractivity (Wildman–Crippen MR) is 77.4 cm³/mol. The molecule has 0 aliphatic heterocycles. The van der Waals surface area contributed by atoms with Crippen LogP contribution in [0.5, 0.6) is 0 Å². The van der Waals surface area contributed by atoms with E-state index in [9.17, 15) is 13.6 Å². The molecule has 1 amide bonds. The molecule has 0 saturated heterocycles. The lowest BCUT2D eigenvalue weighted by Gasteiger charge is -2.24. The second kappa shape index (κ2) is 5.51. The van der Waals surface area contributed by atoms with Crippen molar-refractivity contribution in [1.29, 1.82) is 0 Å². The topological polar surface area (TPSA) is 49.0 Å². The van der Waals surface area contributed by atoms with E-state index in [0.717, 1.165) is 30.7 Å². The number of carbonyl (C=O) groups excluding carboxylic acids is 1. The van der Waals surface area contributed by atoms with E-state index in [2.05, 4.69) is 10.2 Å². The van der Waals surface area contributed by atoms with Gasteiger partial charge in [-0.3, -0.25) is 9.89 Å². The maximum atomic E-state index is 13.3. The molecule has 0 spiro atoms. The Balaban J connectivity index is 1.77. The number of rotatable bonds is 4. The van der Waals surface area contributed by atoms with E-state index >= 15 is 0 Å². The van der Waals surface area contributed by atoms with Crippen LogP contribution >= 0.6 is 0 Å². The molecule has 1 unspecified atom stereocenters. The van der Waals surface area contributed by atoms with Crippen molar-refractivity contribution >= 4 is 5.91 Å². The summed E-state index contributed by atoms with van der Waals surface area (Å²) < 4.78 is 26.3. The lowest BCUT2D eigenvalue weighted by molar-refractivity contribution is 0.0736. The van der Waals surface area contributed by atoms with E-state index < -0.39 is 11.6 Å². The fraction of sp³-hybridized carbons (Fsp3) is 0.375. The SMILES string of the molecule is CC(c1ccc(F)c(F)c1)N(C)C(=O)c1cc(C2CC2)[nH]n1. The molecule has 0 bridgehead atoms. The molecule has 1 atom stereocenters. The molecule has 116 valence electrons. The first-order chi connectivity index (χ1) is 10.5. The summed E-state index contributed by atoms with van der Waals surface area (Å²) in [6, 6.07) is 5.05. The molecule has 6 heteroatoms. The van der Waals surface area contributed by atoms with Crippen molar-refractivity contribution < 1.29 is 13.6 Å². The molecule has 1 saturated carbocycles. The van der Waals surface area contributed by atoms with Crippen molar-refractivity contribution in [3.05, 3.63) is 52.9 Å². The van der Waals surface area contributed by atoms with Crippen LogP contribution in [-0.2, 0) is 0 Å². The number of nitrogens with zero attached hydrogens (tertiary/aromatic N) is 2. The van der Waals surface area contributed by atoms with Gasteiger partial charge in [-0.2, -0.15) is 5.10 Å². The van der Waals surface area contributed by atoms with Crippen molar-refractivity contribution in [2.24, 2.45) is 0 Å². The number of aromatic nitrogens is 2. The fourth-order valence-electron chi connectivity index (χ4n) is 2.40. The number of carbonyl (C=O) groups is 1. The highest BCUT2D eigenvalue weighted by atomic mass is 19.2. The largest absolute Gasteiger partial charge is 0.334 e. The highest BCUT2D eigenvalue weighted by Gasteiger charge is 2.28. The molecule has 1 heterocycles. The number of hydrogen-bond donors (Lipinski definition) is 1. The average molecular weight is 305 g/mol. The third-order valence-electron chi connectivity index (χ3n) is 4.16. The molecule has 1 aliphatic carbocycles. The Morgan fingerprint density at radius 2 is 2.05 bits per heavy atom. The van der Waals surface area contributed by atoms with Crippen LogP contribution in [0.25, 0.3) is 0 Å². The summed E-state index contributed by atoms with van der Waals surface area (Å²) in [5.74, 6) is -1.57. The Morgan fingerprint density at radius 1 is 1.32 bits per heavy atom. The second-order valence-electron chi connectivity index (χ2n) is 5.75. The molecule has 2 aromatic rings. The van der Waals surface area contributed by atoms with Gasteiger partial charge in [0.15, 0.2) is 11.6 Å². The summed E-state index contributed by atoms with van der Waals surface area (Å²) in [6.45, 7) is 1.76. The van der Waals surface area contributed by atoms with E-state index in [1.54, 1.807) is 20.0 Å². The monoisotopic (exact) mass is 305 g/mol. The Hall–Kier alpha value is -2.24. The molecule has 1 aromatic heterocycles. The van der Waals surface area contributed by atoms with Gasteiger partial charge >= 0.3 is 0 Å². The number of benzene rings is 1. The van der Waals surface area contributed by atoms with Crippen molar-refractivity contribution in [2.75, 3.05) is 7.05 Å². The van der Waals surface area contributed by atoms with Gasteiger partial charge < -0.3 is 4.90 Å². The number of halogens is 2. The third-order valence-corrected chi connectivity index (χ3v) is 4.16. The molecule has 3 rings (SSSR count). The maximum Gasteiger partial charge on any atom is 0.274 e. The Kier molecular flexibility index (Phi) is 3.68. The highest BCUT2D eigenvalue weighted by Crippen LogP contribution is 2.39. The Bertz CT molecular complexity index is 709. The minimum Gasteiger partial charge on any atom is -0.334 e. The number of amides is 1. The average Bonchev–Trinajstić information content (AvgIpc) is 3.25. The van der Waals surface area contributed by atoms with Crippen LogP contribution in [0.4, 0.5) is 8.78 Å². The summed E-state index contributed by atoms with van der Waals surface area (Å²) in [5.41, 5.74) is 1.86. The van der Waals surface area contributed by atoms with Crippen molar-refractivity contribution in [3.8, 4) is 0 Å². The van der Waals surface area contributed by atoms with Gasteiger partial charge in [-0.1, -0.05) is 6.07 Å². The van der Waals surface area contributed by atoms with Crippen LogP contribution < -0.4 is 0 Å². The van der Waals surface area contributed by atoms with Crippen LogP contribution in [-0.4, -0.2) is 28.1 Å². The lowest BCUT2D eigenvalue weighted by atomic mass is 10.1. The molecule has 22 heavy (non-hydrogen) atoms. The smallest absolute Gasteiger partial charge is 0.274 e. The highest BCUT2D eigenvalue weighted by molar-refractivity contribution is 5.92. The molecule has 4 nitrogen and oxygen atoms in total. The number of nitrogens with one attached hydrogen (secondary N) is 1. The number of H-pyrrole nitrogens is 1. The van der Waals surface area contributed by atoms with Crippen LogP contribution in [0.1, 0.15) is 53.5 Å². The minimum absolute atomic E-state index is 0.250. The Morgan fingerprint density at radius 3 is 2.68 bits per heavy atom. The predicted octanol–water partition coefficient (Wildman–Crippen LogP) is 3.40. The normalized spacial score (nSPS) is 15.6. The summed E-state index contributed by atoms with van der Waals surface area (Å²) in [6.07, 6.45) is 2.24. The summed E-state index contributed by atoms with van der Waals surface area (Å²) >= 11 is 0. The first kappa shape index (κ1) is 14.7. The van der Waals surface area contributed by atoms with Crippen LogP contribution in [0.3, 0.4) is 0 Å². The van der Waals surface area contributed by atoms with E-state index in [0.29, 0.717) is 17.2 Å².